The van der Waals surface area contributed by atoms with Crippen LogP contribution in [0.25, 0.3) is 0 Å². The van der Waals surface area contributed by atoms with E-state index in [0.29, 0.717) is 24.3 Å². The lowest BCUT2D eigenvalue weighted by atomic mass is 9.96. The summed E-state index contributed by atoms with van der Waals surface area (Å²) in [5.74, 6) is -0.0530. The monoisotopic (exact) mass is 329 g/mol. The molecule has 2 N–H and O–H groups in total. The number of carbonyl (C=O) groups excluding carboxylic acids is 1. The molecule has 2 aromatic rings. The van der Waals surface area contributed by atoms with Crippen LogP contribution in [0.15, 0.2) is 48.5 Å². The van der Waals surface area contributed by atoms with Crippen molar-refractivity contribution in [2.45, 2.75) is 31.3 Å². The van der Waals surface area contributed by atoms with Crippen molar-refractivity contribution in [2.75, 3.05) is 6.54 Å². The predicted octanol–water partition coefficient (Wildman–Crippen LogP) is 3.22. The van der Waals surface area contributed by atoms with Crippen molar-refractivity contribution in [2.24, 2.45) is 0 Å². The molecule has 3 nitrogen and oxygen atoms in total. The van der Waals surface area contributed by atoms with E-state index < -0.39 is 5.60 Å². The van der Waals surface area contributed by atoms with Crippen molar-refractivity contribution in [3.63, 3.8) is 0 Å². The van der Waals surface area contributed by atoms with Crippen LogP contribution in [0.5, 0.6) is 0 Å². The van der Waals surface area contributed by atoms with Gasteiger partial charge in [0.05, 0.1) is 6.54 Å². The van der Waals surface area contributed by atoms with Crippen molar-refractivity contribution < 1.29 is 9.90 Å². The van der Waals surface area contributed by atoms with Gasteiger partial charge in [-0.2, -0.15) is 0 Å². The Hall–Kier alpha value is -1.84. The molecule has 1 amide bonds. The van der Waals surface area contributed by atoms with Crippen molar-refractivity contribution >= 4 is 17.5 Å². The first kappa shape index (κ1) is 16.0. The standard InChI is InChI=1S/C19H20ClNO2/c20-16-6-3-4-14(12-16)8-9-18(22)21-13-19(23)11-10-15-5-1-2-7-17(15)19/h1-7,12,23H,8-11,13H2,(H,21,22)/t19-/m0/s1. The fraction of sp³-hybridized carbons (Fsp3) is 0.316. The lowest BCUT2D eigenvalue weighted by Gasteiger charge is -2.24. The van der Waals surface area contributed by atoms with E-state index in [-0.39, 0.29) is 12.5 Å². The van der Waals surface area contributed by atoms with Gasteiger partial charge in [0.2, 0.25) is 5.91 Å². The van der Waals surface area contributed by atoms with Gasteiger partial charge < -0.3 is 10.4 Å². The van der Waals surface area contributed by atoms with Crippen LogP contribution in [-0.2, 0) is 23.2 Å². The molecule has 0 saturated carbocycles. The van der Waals surface area contributed by atoms with Crippen LogP contribution >= 0.6 is 11.6 Å². The number of halogens is 1. The molecule has 3 rings (SSSR count). The highest BCUT2D eigenvalue weighted by atomic mass is 35.5. The predicted molar refractivity (Wildman–Crippen MR) is 91.4 cm³/mol. The van der Waals surface area contributed by atoms with Crippen LogP contribution in [0.4, 0.5) is 0 Å². The molecule has 0 fully saturated rings. The van der Waals surface area contributed by atoms with Crippen molar-refractivity contribution in [3.05, 3.63) is 70.2 Å². The summed E-state index contributed by atoms with van der Waals surface area (Å²) < 4.78 is 0. The van der Waals surface area contributed by atoms with Gasteiger partial charge in [0.15, 0.2) is 0 Å². The summed E-state index contributed by atoms with van der Waals surface area (Å²) >= 11 is 5.94. The molecule has 1 aliphatic carbocycles. The topological polar surface area (TPSA) is 49.3 Å². The number of aryl methyl sites for hydroxylation is 2. The zero-order valence-electron chi connectivity index (χ0n) is 12.9. The molecule has 1 atom stereocenters. The minimum Gasteiger partial charge on any atom is -0.383 e. The van der Waals surface area contributed by atoms with E-state index in [9.17, 15) is 9.90 Å². The van der Waals surface area contributed by atoms with E-state index in [1.54, 1.807) is 0 Å². The van der Waals surface area contributed by atoms with Gasteiger partial charge in [0, 0.05) is 11.4 Å². The van der Waals surface area contributed by atoms with Gasteiger partial charge in [-0.05, 0) is 48.1 Å². The smallest absolute Gasteiger partial charge is 0.220 e. The highest BCUT2D eigenvalue weighted by Crippen LogP contribution is 2.36. The largest absolute Gasteiger partial charge is 0.383 e. The number of benzene rings is 2. The first-order valence-corrected chi connectivity index (χ1v) is 8.26. The van der Waals surface area contributed by atoms with Gasteiger partial charge in [-0.25, -0.2) is 0 Å². The van der Waals surface area contributed by atoms with Crippen LogP contribution < -0.4 is 5.32 Å². The number of carbonyl (C=O) groups is 1. The maximum atomic E-state index is 12.1. The van der Waals surface area contributed by atoms with E-state index in [2.05, 4.69) is 5.32 Å². The summed E-state index contributed by atoms with van der Waals surface area (Å²) in [6, 6.07) is 15.4. The van der Waals surface area contributed by atoms with Crippen LogP contribution in [0.1, 0.15) is 29.5 Å². The van der Waals surface area contributed by atoms with Crippen LogP contribution in [0.2, 0.25) is 5.02 Å². The van der Waals surface area contributed by atoms with E-state index >= 15 is 0 Å². The third kappa shape index (κ3) is 3.74. The molecular weight excluding hydrogens is 310 g/mol. The Balaban J connectivity index is 1.53. The number of amides is 1. The lowest BCUT2D eigenvalue weighted by Crippen LogP contribution is -2.39. The number of rotatable bonds is 5. The van der Waals surface area contributed by atoms with Gasteiger partial charge >= 0.3 is 0 Å². The van der Waals surface area contributed by atoms with E-state index in [1.165, 1.54) is 5.56 Å². The van der Waals surface area contributed by atoms with Gasteiger partial charge in [0.1, 0.15) is 5.60 Å². The number of aliphatic hydroxyl groups is 1. The Bertz CT molecular complexity index is 716. The van der Waals surface area contributed by atoms with Gasteiger partial charge in [-0.1, -0.05) is 48.0 Å². The second kappa shape index (κ2) is 6.73. The molecule has 0 saturated heterocycles. The Labute approximate surface area is 141 Å². The summed E-state index contributed by atoms with van der Waals surface area (Å²) in [6.45, 7) is 0.262. The molecule has 2 aromatic carbocycles. The van der Waals surface area contributed by atoms with Gasteiger partial charge in [-0.3, -0.25) is 4.79 Å². The molecule has 0 unspecified atom stereocenters. The zero-order chi connectivity index (χ0) is 16.3. The molecule has 0 radical (unpaired) electrons. The fourth-order valence-electron chi connectivity index (χ4n) is 3.14. The first-order valence-electron chi connectivity index (χ1n) is 7.89. The molecule has 4 heteroatoms. The van der Waals surface area contributed by atoms with E-state index in [1.807, 2.05) is 48.5 Å². The number of hydrogen-bond acceptors (Lipinski definition) is 2. The van der Waals surface area contributed by atoms with E-state index in [0.717, 1.165) is 17.5 Å². The SMILES string of the molecule is O=C(CCc1cccc(Cl)c1)NC[C@@]1(O)CCc2ccccc21. The molecular formula is C19H20ClNO2. The van der Waals surface area contributed by atoms with Crippen LogP contribution in [-0.4, -0.2) is 17.6 Å². The highest BCUT2D eigenvalue weighted by Gasteiger charge is 2.36. The van der Waals surface area contributed by atoms with Crippen LogP contribution in [0, 0.1) is 0 Å². The minimum absolute atomic E-state index is 0.0530. The normalized spacial score (nSPS) is 19.4. The summed E-state index contributed by atoms with van der Waals surface area (Å²) in [6.07, 6.45) is 2.53. The van der Waals surface area contributed by atoms with Crippen molar-refractivity contribution in [1.29, 1.82) is 0 Å². The molecule has 120 valence electrons. The first-order chi connectivity index (χ1) is 11.1. The summed E-state index contributed by atoms with van der Waals surface area (Å²) in [5.41, 5.74) is 2.21. The minimum atomic E-state index is -0.942. The number of hydrogen-bond donors (Lipinski definition) is 2. The molecule has 0 heterocycles. The molecule has 0 spiro atoms. The quantitative estimate of drug-likeness (QED) is 0.885. The molecule has 0 bridgehead atoms. The zero-order valence-corrected chi connectivity index (χ0v) is 13.6. The Kier molecular flexibility index (Phi) is 4.69. The number of nitrogens with one attached hydrogen (secondary N) is 1. The summed E-state index contributed by atoms with van der Waals surface area (Å²) in [5, 5.41) is 14.3. The second-order valence-electron chi connectivity index (χ2n) is 6.10. The fourth-order valence-corrected chi connectivity index (χ4v) is 3.35. The van der Waals surface area contributed by atoms with Crippen molar-refractivity contribution in [3.8, 4) is 0 Å². The van der Waals surface area contributed by atoms with Crippen molar-refractivity contribution in [1.82, 2.24) is 5.32 Å². The number of fused-ring (bicyclic) bond motifs is 1. The maximum absolute atomic E-state index is 12.1. The highest BCUT2D eigenvalue weighted by molar-refractivity contribution is 6.30. The Morgan fingerprint density at radius 1 is 1.22 bits per heavy atom. The maximum Gasteiger partial charge on any atom is 0.220 e. The summed E-state index contributed by atoms with van der Waals surface area (Å²) in [7, 11) is 0. The van der Waals surface area contributed by atoms with Gasteiger partial charge in [0.25, 0.3) is 0 Å². The Morgan fingerprint density at radius 3 is 2.87 bits per heavy atom. The third-order valence-corrected chi connectivity index (χ3v) is 4.67. The van der Waals surface area contributed by atoms with Gasteiger partial charge in [-0.15, -0.1) is 0 Å². The molecule has 0 aliphatic heterocycles. The Morgan fingerprint density at radius 2 is 2.04 bits per heavy atom. The summed E-state index contributed by atoms with van der Waals surface area (Å²) in [4.78, 5) is 12.1. The molecule has 1 aliphatic rings. The molecule has 23 heavy (non-hydrogen) atoms. The lowest BCUT2D eigenvalue weighted by molar-refractivity contribution is -0.122. The van der Waals surface area contributed by atoms with Crippen LogP contribution in [0.3, 0.4) is 0 Å². The average molecular weight is 330 g/mol. The third-order valence-electron chi connectivity index (χ3n) is 4.43. The van der Waals surface area contributed by atoms with E-state index in [4.69, 9.17) is 11.6 Å². The second-order valence-corrected chi connectivity index (χ2v) is 6.53. The average Bonchev–Trinajstić information content (AvgIpc) is 2.89. The molecule has 0 aromatic heterocycles.